The van der Waals surface area contributed by atoms with Gasteiger partial charge < -0.3 is 5.32 Å². The van der Waals surface area contributed by atoms with Crippen molar-refractivity contribution in [2.75, 3.05) is 13.1 Å². The number of hydrogen-bond acceptors (Lipinski definition) is 1. The number of piperidine rings is 1. The van der Waals surface area contributed by atoms with Crippen LogP contribution in [-0.2, 0) is 0 Å². The Labute approximate surface area is 153 Å². The van der Waals surface area contributed by atoms with E-state index < -0.39 is 0 Å². The Morgan fingerprint density at radius 1 is 0.542 bits per heavy atom. The summed E-state index contributed by atoms with van der Waals surface area (Å²) in [6.07, 6.45) is 27.4. The van der Waals surface area contributed by atoms with Crippen LogP contribution in [0, 0.1) is 12.8 Å². The van der Waals surface area contributed by atoms with Crippen molar-refractivity contribution < 1.29 is 0 Å². The Morgan fingerprint density at radius 3 is 1.33 bits per heavy atom. The van der Waals surface area contributed by atoms with Crippen LogP contribution in [0.5, 0.6) is 0 Å². The summed E-state index contributed by atoms with van der Waals surface area (Å²) >= 11 is 0. The van der Waals surface area contributed by atoms with Crippen LogP contribution in [0.1, 0.15) is 122 Å². The molecule has 0 aliphatic carbocycles. The van der Waals surface area contributed by atoms with E-state index in [1.807, 2.05) is 0 Å². The summed E-state index contributed by atoms with van der Waals surface area (Å²) in [5.41, 5.74) is 0. The Hall–Kier alpha value is -0.0400. The highest BCUT2D eigenvalue weighted by molar-refractivity contribution is 4.68. The molecule has 0 amide bonds. The second kappa shape index (κ2) is 17.8. The maximum Gasteiger partial charge on any atom is -0.00463 e. The fraction of sp³-hybridized carbons (Fsp3) is 0.957. The van der Waals surface area contributed by atoms with Gasteiger partial charge in [0.25, 0.3) is 0 Å². The predicted octanol–water partition coefficient (Wildman–Crippen LogP) is 7.45. The second-order valence-corrected chi connectivity index (χ2v) is 8.14. The van der Waals surface area contributed by atoms with Gasteiger partial charge in [-0.15, -0.1) is 0 Å². The third kappa shape index (κ3) is 14.3. The largest absolute Gasteiger partial charge is 0.317 e. The van der Waals surface area contributed by atoms with Gasteiger partial charge in [0.1, 0.15) is 0 Å². The molecule has 1 fully saturated rings. The molecule has 0 spiro atoms. The lowest BCUT2D eigenvalue weighted by Gasteiger charge is -2.22. The zero-order valence-electron chi connectivity index (χ0n) is 16.6. The lowest BCUT2D eigenvalue weighted by atomic mass is 9.92. The zero-order valence-corrected chi connectivity index (χ0v) is 16.6. The molecule has 143 valence electrons. The molecule has 0 atom stereocenters. The third-order valence-corrected chi connectivity index (χ3v) is 5.82. The van der Waals surface area contributed by atoms with Gasteiger partial charge in [0.2, 0.25) is 0 Å². The van der Waals surface area contributed by atoms with Crippen LogP contribution in [0.25, 0.3) is 0 Å². The van der Waals surface area contributed by atoms with Crippen LogP contribution in [0.4, 0.5) is 0 Å². The van der Waals surface area contributed by atoms with Crippen LogP contribution < -0.4 is 5.32 Å². The van der Waals surface area contributed by atoms with E-state index >= 15 is 0 Å². The van der Waals surface area contributed by atoms with Gasteiger partial charge in [-0.25, -0.2) is 0 Å². The lowest BCUT2D eigenvalue weighted by Crippen LogP contribution is -2.27. The monoisotopic (exact) mass is 336 g/mol. The molecule has 1 aliphatic heterocycles. The van der Waals surface area contributed by atoms with Crippen molar-refractivity contribution in [3.05, 3.63) is 6.92 Å². The van der Waals surface area contributed by atoms with E-state index in [0.29, 0.717) is 0 Å². The van der Waals surface area contributed by atoms with Crippen LogP contribution in [0.15, 0.2) is 0 Å². The number of hydrogen-bond donors (Lipinski definition) is 1. The van der Waals surface area contributed by atoms with Crippen molar-refractivity contribution in [2.24, 2.45) is 5.92 Å². The molecule has 1 heteroatoms. The Kier molecular flexibility index (Phi) is 16.3. The molecule has 1 radical (unpaired) electrons. The maximum absolute atomic E-state index is 3.91. The van der Waals surface area contributed by atoms with Crippen LogP contribution in [-0.4, -0.2) is 13.1 Å². The molecule has 24 heavy (non-hydrogen) atoms. The Morgan fingerprint density at radius 2 is 0.917 bits per heavy atom. The van der Waals surface area contributed by atoms with Crippen molar-refractivity contribution in [2.45, 2.75) is 122 Å². The quantitative estimate of drug-likeness (QED) is 0.272. The standard InChI is InChI=1S/C23H46N/c1-2-3-4-5-6-7-8-9-10-11-12-13-14-15-16-17-18-23-19-21-24-22-20-23/h23-24H,1-22H2. The lowest BCUT2D eigenvalue weighted by molar-refractivity contribution is 0.342. The molecule has 0 bridgehead atoms. The molecule has 1 heterocycles. The summed E-state index contributed by atoms with van der Waals surface area (Å²) in [4.78, 5) is 0. The highest BCUT2D eigenvalue weighted by Crippen LogP contribution is 2.20. The molecule has 1 rings (SSSR count). The topological polar surface area (TPSA) is 12.0 Å². The summed E-state index contributed by atoms with van der Waals surface area (Å²) in [6.45, 7) is 6.44. The highest BCUT2D eigenvalue weighted by Gasteiger charge is 2.11. The summed E-state index contributed by atoms with van der Waals surface area (Å²) in [6, 6.07) is 0. The van der Waals surface area contributed by atoms with E-state index in [1.54, 1.807) is 0 Å². The van der Waals surface area contributed by atoms with Crippen molar-refractivity contribution in [1.29, 1.82) is 0 Å². The first-order valence-electron chi connectivity index (χ1n) is 11.4. The molecule has 1 N–H and O–H groups in total. The maximum atomic E-state index is 3.91. The fourth-order valence-corrected chi connectivity index (χ4v) is 4.08. The van der Waals surface area contributed by atoms with Gasteiger partial charge in [0.05, 0.1) is 0 Å². The second-order valence-electron chi connectivity index (χ2n) is 8.14. The molecule has 0 unspecified atom stereocenters. The fourth-order valence-electron chi connectivity index (χ4n) is 4.08. The first-order valence-corrected chi connectivity index (χ1v) is 11.4. The van der Waals surface area contributed by atoms with E-state index in [2.05, 4.69) is 12.2 Å². The predicted molar refractivity (Wildman–Crippen MR) is 109 cm³/mol. The van der Waals surface area contributed by atoms with Gasteiger partial charge in [0, 0.05) is 0 Å². The molecule has 1 aliphatic rings. The average Bonchev–Trinajstić information content (AvgIpc) is 2.62. The van der Waals surface area contributed by atoms with Gasteiger partial charge in [-0.2, -0.15) is 0 Å². The normalized spacial score (nSPS) is 15.9. The highest BCUT2D eigenvalue weighted by atomic mass is 14.9. The van der Waals surface area contributed by atoms with Crippen molar-refractivity contribution in [3.63, 3.8) is 0 Å². The third-order valence-electron chi connectivity index (χ3n) is 5.82. The average molecular weight is 337 g/mol. The zero-order chi connectivity index (χ0) is 17.1. The van der Waals surface area contributed by atoms with Gasteiger partial charge in [-0.1, -0.05) is 116 Å². The van der Waals surface area contributed by atoms with Crippen molar-refractivity contribution >= 4 is 0 Å². The van der Waals surface area contributed by atoms with E-state index in [-0.39, 0.29) is 0 Å². The molecule has 0 saturated carbocycles. The van der Waals surface area contributed by atoms with Gasteiger partial charge >= 0.3 is 0 Å². The van der Waals surface area contributed by atoms with Crippen LogP contribution in [0.3, 0.4) is 0 Å². The van der Waals surface area contributed by atoms with Gasteiger partial charge in [0.15, 0.2) is 0 Å². The van der Waals surface area contributed by atoms with E-state index in [1.165, 1.54) is 129 Å². The summed E-state index contributed by atoms with van der Waals surface area (Å²) in [7, 11) is 0. The first kappa shape index (κ1) is 22.0. The smallest absolute Gasteiger partial charge is 0.00463 e. The Balaban J connectivity index is 1.66. The van der Waals surface area contributed by atoms with Crippen molar-refractivity contribution in [3.8, 4) is 0 Å². The minimum absolute atomic E-state index is 1.04. The number of rotatable bonds is 17. The van der Waals surface area contributed by atoms with E-state index in [4.69, 9.17) is 0 Å². The molecule has 1 nitrogen and oxygen atoms in total. The minimum Gasteiger partial charge on any atom is -0.317 e. The molecule has 1 saturated heterocycles. The van der Waals surface area contributed by atoms with Gasteiger partial charge in [-0.05, 0) is 31.8 Å². The summed E-state index contributed by atoms with van der Waals surface area (Å²) in [5.74, 6) is 1.04. The molecule has 0 aromatic carbocycles. The number of nitrogens with one attached hydrogen (secondary N) is 1. The van der Waals surface area contributed by atoms with E-state index in [9.17, 15) is 0 Å². The molecule has 0 aromatic heterocycles. The summed E-state index contributed by atoms with van der Waals surface area (Å²) in [5, 5.41) is 3.47. The van der Waals surface area contributed by atoms with Crippen LogP contribution >= 0.6 is 0 Å². The Bertz CT molecular complexity index is 232. The SMILES string of the molecule is [CH2]CCCCCCCCCCCCCCCCCC1CCNCC1. The summed E-state index contributed by atoms with van der Waals surface area (Å²) < 4.78 is 0. The van der Waals surface area contributed by atoms with Crippen LogP contribution in [0.2, 0.25) is 0 Å². The molecular formula is C23H46N. The molecular weight excluding hydrogens is 290 g/mol. The number of unbranched alkanes of at least 4 members (excludes halogenated alkanes) is 15. The van der Waals surface area contributed by atoms with Crippen molar-refractivity contribution in [1.82, 2.24) is 5.32 Å². The molecule has 0 aromatic rings. The van der Waals surface area contributed by atoms with E-state index in [0.717, 1.165) is 12.3 Å². The van der Waals surface area contributed by atoms with Gasteiger partial charge in [-0.3, -0.25) is 0 Å². The minimum atomic E-state index is 1.04. The first-order chi connectivity index (χ1) is 11.9.